The second-order valence-corrected chi connectivity index (χ2v) is 8.24. The number of carbonyl (C=O) groups excluding carboxylic acids is 1. The lowest BCUT2D eigenvalue weighted by atomic mass is 10.2. The molecule has 0 aliphatic rings. The quantitative estimate of drug-likeness (QED) is 0.696. The Morgan fingerprint density at radius 3 is 2.73 bits per heavy atom. The first-order chi connectivity index (χ1) is 12.3. The van der Waals surface area contributed by atoms with Crippen LogP contribution in [-0.2, 0) is 16.6 Å². The van der Waals surface area contributed by atoms with Gasteiger partial charge in [0.1, 0.15) is 0 Å². The fourth-order valence-corrected chi connectivity index (χ4v) is 4.06. The minimum absolute atomic E-state index is 0.0196. The fourth-order valence-electron chi connectivity index (χ4n) is 2.72. The van der Waals surface area contributed by atoms with Crippen LogP contribution in [-0.4, -0.2) is 23.9 Å². The molecule has 0 fully saturated rings. The van der Waals surface area contributed by atoms with Gasteiger partial charge in [-0.1, -0.05) is 12.1 Å². The van der Waals surface area contributed by atoms with Gasteiger partial charge in [0.15, 0.2) is 5.13 Å². The predicted molar refractivity (Wildman–Crippen MR) is 99.9 cm³/mol. The molecule has 1 aromatic carbocycles. The molecule has 3 aromatic rings. The van der Waals surface area contributed by atoms with Crippen molar-refractivity contribution in [2.24, 2.45) is 5.14 Å². The summed E-state index contributed by atoms with van der Waals surface area (Å²) in [4.78, 5) is 16.9. The standard InChI is InChI=1S/C17H18N4O3S2/c1-11-8-15(12(2)21(11)17-19-6-7-25-17)16(22)20-10-13-4-3-5-14(9-13)26(18,23)24/h3-9H,10H2,1-2H3,(H,20,22)(H2,18,23,24). The summed E-state index contributed by atoms with van der Waals surface area (Å²) < 4.78 is 24.8. The number of benzene rings is 1. The number of aromatic nitrogens is 2. The molecule has 1 amide bonds. The largest absolute Gasteiger partial charge is 0.348 e. The van der Waals surface area contributed by atoms with E-state index in [0.717, 1.165) is 16.5 Å². The molecule has 2 aromatic heterocycles. The molecule has 7 nitrogen and oxygen atoms in total. The van der Waals surface area contributed by atoms with Gasteiger partial charge in [-0.2, -0.15) is 0 Å². The number of carbonyl (C=O) groups is 1. The summed E-state index contributed by atoms with van der Waals surface area (Å²) in [6.07, 6.45) is 1.72. The first-order valence-electron chi connectivity index (χ1n) is 7.76. The van der Waals surface area contributed by atoms with Crippen LogP contribution < -0.4 is 10.5 Å². The summed E-state index contributed by atoms with van der Waals surface area (Å²) in [7, 11) is -3.77. The Bertz CT molecular complexity index is 1050. The van der Waals surface area contributed by atoms with Gasteiger partial charge < -0.3 is 5.32 Å². The van der Waals surface area contributed by atoms with Crippen LogP contribution in [0.2, 0.25) is 0 Å². The fraction of sp³-hybridized carbons (Fsp3) is 0.176. The molecule has 2 heterocycles. The number of aryl methyl sites for hydroxylation is 1. The van der Waals surface area contributed by atoms with Crippen molar-refractivity contribution in [2.75, 3.05) is 0 Å². The average molecular weight is 390 g/mol. The molecule has 9 heteroatoms. The highest BCUT2D eigenvalue weighted by atomic mass is 32.2. The second-order valence-electron chi connectivity index (χ2n) is 5.81. The van der Waals surface area contributed by atoms with E-state index in [0.29, 0.717) is 11.1 Å². The van der Waals surface area contributed by atoms with Gasteiger partial charge in [-0.15, -0.1) is 11.3 Å². The topological polar surface area (TPSA) is 107 Å². The lowest BCUT2D eigenvalue weighted by molar-refractivity contribution is 0.0950. The number of sulfonamides is 1. The number of amides is 1. The molecule has 3 rings (SSSR count). The molecule has 0 bridgehead atoms. The van der Waals surface area contributed by atoms with E-state index in [1.54, 1.807) is 18.3 Å². The summed E-state index contributed by atoms with van der Waals surface area (Å²) in [5.41, 5.74) is 2.92. The van der Waals surface area contributed by atoms with Crippen LogP contribution in [0.3, 0.4) is 0 Å². The molecule has 0 unspecified atom stereocenters. The molecular formula is C17H18N4O3S2. The zero-order valence-corrected chi connectivity index (χ0v) is 15.9. The highest BCUT2D eigenvalue weighted by Crippen LogP contribution is 2.22. The molecule has 3 N–H and O–H groups in total. The van der Waals surface area contributed by atoms with Crippen molar-refractivity contribution in [1.29, 1.82) is 0 Å². The molecule has 136 valence electrons. The Hall–Kier alpha value is -2.49. The third-order valence-electron chi connectivity index (χ3n) is 3.97. The number of nitrogens with zero attached hydrogens (tertiary/aromatic N) is 2. The zero-order chi connectivity index (χ0) is 18.9. The third-order valence-corrected chi connectivity index (χ3v) is 5.63. The first kappa shape index (κ1) is 18.3. The molecule has 0 aliphatic heterocycles. The van der Waals surface area contributed by atoms with Crippen molar-refractivity contribution in [2.45, 2.75) is 25.3 Å². The van der Waals surface area contributed by atoms with Crippen LogP contribution in [0, 0.1) is 13.8 Å². The monoisotopic (exact) mass is 390 g/mol. The molecule has 0 saturated heterocycles. The minimum Gasteiger partial charge on any atom is -0.348 e. The molecule has 0 radical (unpaired) electrons. The highest BCUT2D eigenvalue weighted by molar-refractivity contribution is 7.89. The smallest absolute Gasteiger partial charge is 0.253 e. The summed E-state index contributed by atoms with van der Waals surface area (Å²) in [6.45, 7) is 3.98. The molecule has 0 aliphatic carbocycles. The van der Waals surface area contributed by atoms with Crippen LogP contribution in [0.4, 0.5) is 0 Å². The molecular weight excluding hydrogens is 372 g/mol. The molecule has 0 saturated carbocycles. The van der Waals surface area contributed by atoms with Crippen molar-refractivity contribution in [3.05, 3.63) is 64.4 Å². The second kappa shape index (κ2) is 7.02. The SMILES string of the molecule is Cc1cc(C(=O)NCc2cccc(S(N)(=O)=O)c2)c(C)n1-c1nccs1. The van der Waals surface area contributed by atoms with Gasteiger partial charge in [0.05, 0.1) is 10.5 Å². The van der Waals surface area contributed by atoms with E-state index in [1.165, 1.54) is 23.5 Å². The van der Waals surface area contributed by atoms with E-state index in [-0.39, 0.29) is 17.3 Å². The van der Waals surface area contributed by atoms with Gasteiger partial charge in [-0.25, -0.2) is 18.5 Å². The number of rotatable bonds is 5. The summed E-state index contributed by atoms with van der Waals surface area (Å²) in [5.74, 6) is -0.234. The van der Waals surface area contributed by atoms with Crippen LogP contribution >= 0.6 is 11.3 Å². The van der Waals surface area contributed by atoms with Gasteiger partial charge in [-0.05, 0) is 37.6 Å². The normalized spacial score (nSPS) is 11.5. The Morgan fingerprint density at radius 2 is 2.08 bits per heavy atom. The van der Waals surface area contributed by atoms with Crippen molar-refractivity contribution in [3.8, 4) is 5.13 Å². The van der Waals surface area contributed by atoms with Crippen LogP contribution in [0.1, 0.15) is 27.3 Å². The summed E-state index contributed by atoms with van der Waals surface area (Å²) >= 11 is 1.49. The van der Waals surface area contributed by atoms with Crippen molar-refractivity contribution in [1.82, 2.24) is 14.9 Å². The highest BCUT2D eigenvalue weighted by Gasteiger charge is 2.17. The molecule has 26 heavy (non-hydrogen) atoms. The van der Waals surface area contributed by atoms with Crippen molar-refractivity contribution < 1.29 is 13.2 Å². The van der Waals surface area contributed by atoms with Gasteiger partial charge in [-0.3, -0.25) is 9.36 Å². The lowest BCUT2D eigenvalue weighted by Crippen LogP contribution is -2.23. The van der Waals surface area contributed by atoms with E-state index < -0.39 is 10.0 Å². The van der Waals surface area contributed by atoms with Crippen molar-refractivity contribution >= 4 is 27.3 Å². The Labute approximate surface area is 155 Å². The lowest BCUT2D eigenvalue weighted by Gasteiger charge is -2.08. The zero-order valence-electron chi connectivity index (χ0n) is 14.3. The van der Waals surface area contributed by atoms with Crippen LogP contribution in [0.15, 0.2) is 46.8 Å². The number of nitrogens with two attached hydrogens (primary N) is 1. The third kappa shape index (κ3) is 3.69. The summed E-state index contributed by atoms with van der Waals surface area (Å²) in [6, 6.07) is 8.01. The molecule has 0 spiro atoms. The van der Waals surface area contributed by atoms with Gasteiger partial charge in [0.25, 0.3) is 5.91 Å². The van der Waals surface area contributed by atoms with Gasteiger partial charge in [0.2, 0.25) is 10.0 Å². The number of nitrogens with one attached hydrogen (secondary N) is 1. The van der Waals surface area contributed by atoms with E-state index in [2.05, 4.69) is 10.3 Å². The minimum atomic E-state index is -3.77. The Kier molecular flexibility index (Phi) is 4.94. The Morgan fingerprint density at radius 1 is 1.31 bits per heavy atom. The van der Waals surface area contributed by atoms with E-state index in [1.807, 2.05) is 29.9 Å². The van der Waals surface area contributed by atoms with E-state index in [4.69, 9.17) is 5.14 Å². The van der Waals surface area contributed by atoms with Gasteiger partial charge in [0, 0.05) is 29.5 Å². The van der Waals surface area contributed by atoms with E-state index in [9.17, 15) is 13.2 Å². The summed E-state index contributed by atoms with van der Waals surface area (Å²) in [5, 5.41) is 10.6. The maximum absolute atomic E-state index is 12.6. The number of thiazole rings is 1. The maximum atomic E-state index is 12.6. The number of primary sulfonamides is 1. The van der Waals surface area contributed by atoms with Crippen molar-refractivity contribution in [3.63, 3.8) is 0 Å². The Balaban J connectivity index is 1.79. The van der Waals surface area contributed by atoms with Crippen LogP contribution in [0.25, 0.3) is 5.13 Å². The average Bonchev–Trinajstić information content (AvgIpc) is 3.20. The van der Waals surface area contributed by atoms with Gasteiger partial charge >= 0.3 is 0 Å². The maximum Gasteiger partial charge on any atom is 0.253 e. The first-order valence-corrected chi connectivity index (χ1v) is 10.2. The van der Waals surface area contributed by atoms with Crippen LogP contribution in [0.5, 0.6) is 0 Å². The predicted octanol–water partition coefficient (Wildman–Crippen LogP) is 2.13. The number of hydrogen-bond donors (Lipinski definition) is 2. The molecule has 0 atom stereocenters. The van der Waals surface area contributed by atoms with E-state index >= 15 is 0 Å². The number of hydrogen-bond acceptors (Lipinski definition) is 5.